The molecule has 3 heterocycles. The molecule has 0 aliphatic rings. The molecule has 0 aliphatic carbocycles. The van der Waals surface area contributed by atoms with Gasteiger partial charge in [-0.3, -0.25) is 9.48 Å². The summed E-state index contributed by atoms with van der Waals surface area (Å²) < 4.78 is 8.52. The summed E-state index contributed by atoms with van der Waals surface area (Å²) in [6, 6.07) is 11.6. The maximum absolute atomic E-state index is 12.6. The summed E-state index contributed by atoms with van der Waals surface area (Å²) in [6.45, 7) is 3.87. The Morgan fingerprint density at radius 1 is 1.14 bits per heavy atom. The number of fused-ring (bicyclic) bond motifs is 1. The summed E-state index contributed by atoms with van der Waals surface area (Å²) in [4.78, 5) is 17.0. The zero-order chi connectivity index (χ0) is 20.5. The van der Waals surface area contributed by atoms with Crippen LogP contribution in [0.25, 0.3) is 22.2 Å². The topological polar surface area (TPSA) is 86.9 Å². The van der Waals surface area contributed by atoms with Gasteiger partial charge in [0.2, 0.25) is 5.91 Å². The highest BCUT2D eigenvalue weighted by Crippen LogP contribution is 2.30. The number of amides is 1. The van der Waals surface area contributed by atoms with E-state index >= 15 is 0 Å². The zero-order valence-corrected chi connectivity index (χ0v) is 16.8. The van der Waals surface area contributed by atoms with E-state index in [1.807, 2.05) is 50.2 Å². The Kier molecular flexibility index (Phi) is 4.75. The monoisotopic (exact) mass is 390 g/mol. The second kappa shape index (κ2) is 7.38. The Hall–Kier alpha value is -3.68. The first-order chi connectivity index (χ1) is 14.0. The molecule has 0 saturated heterocycles. The van der Waals surface area contributed by atoms with Crippen molar-refractivity contribution in [3.8, 4) is 16.9 Å². The number of carbonyl (C=O) groups is 1. The minimum atomic E-state index is -0.186. The lowest BCUT2D eigenvalue weighted by atomic mass is 10.0. The molecule has 148 valence electrons. The smallest absolute Gasteiger partial charge is 0.247 e. The molecule has 29 heavy (non-hydrogen) atoms. The van der Waals surface area contributed by atoms with Crippen molar-refractivity contribution >= 4 is 22.8 Å². The molecule has 0 atom stereocenters. The van der Waals surface area contributed by atoms with Crippen molar-refractivity contribution in [3.05, 3.63) is 54.0 Å². The number of anilines is 1. The minimum absolute atomic E-state index is 0.0631. The highest BCUT2D eigenvalue weighted by molar-refractivity contribution is 5.96. The zero-order valence-electron chi connectivity index (χ0n) is 16.8. The SMILES string of the molecule is COc1ccc(-c2ccnc3c2c(C)nn3CC(=O)Nc2cc(C)nn2C)cc1. The Labute approximate surface area is 168 Å². The Balaban J connectivity index is 1.66. The number of ether oxygens (including phenoxy) is 1. The van der Waals surface area contributed by atoms with E-state index in [4.69, 9.17) is 4.74 Å². The second-order valence-electron chi connectivity index (χ2n) is 6.87. The number of carbonyl (C=O) groups excluding carboxylic acids is 1. The highest BCUT2D eigenvalue weighted by atomic mass is 16.5. The van der Waals surface area contributed by atoms with Crippen LogP contribution in [0.1, 0.15) is 11.4 Å². The van der Waals surface area contributed by atoms with Crippen molar-refractivity contribution < 1.29 is 9.53 Å². The average molecular weight is 390 g/mol. The van der Waals surface area contributed by atoms with Gasteiger partial charge < -0.3 is 10.1 Å². The lowest BCUT2D eigenvalue weighted by Gasteiger charge is -2.07. The van der Waals surface area contributed by atoms with Gasteiger partial charge in [-0.15, -0.1) is 0 Å². The molecule has 1 aromatic carbocycles. The van der Waals surface area contributed by atoms with Crippen molar-refractivity contribution in [1.82, 2.24) is 24.5 Å². The number of aromatic nitrogens is 5. The summed E-state index contributed by atoms with van der Waals surface area (Å²) in [6.07, 6.45) is 1.74. The molecule has 0 aliphatic heterocycles. The molecule has 1 amide bonds. The fourth-order valence-corrected chi connectivity index (χ4v) is 3.45. The summed E-state index contributed by atoms with van der Waals surface area (Å²) >= 11 is 0. The van der Waals surface area contributed by atoms with Gasteiger partial charge >= 0.3 is 0 Å². The number of rotatable bonds is 5. The van der Waals surface area contributed by atoms with Gasteiger partial charge in [-0.2, -0.15) is 10.2 Å². The van der Waals surface area contributed by atoms with Gasteiger partial charge in [0.1, 0.15) is 18.1 Å². The van der Waals surface area contributed by atoms with E-state index in [0.29, 0.717) is 11.5 Å². The van der Waals surface area contributed by atoms with Crippen LogP contribution in [-0.4, -0.2) is 37.6 Å². The van der Waals surface area contributed by atoms with E-state index in [0.717, 1.165) is 33.7 Å². The third-order valence-corrected chi connectivity index (χ3v) is 4.77. The molecule has 4 rings (SSSR count). The summed E-state index contributed by atoms with van der Waals surface area (Å²) in [5, 5.41) is 12.6. The van der Waals surface area contributed by atoms with Crippen LogP contribution in [0.4, 0.5) is 5.82 Å². The molecule has 0 fully saturated rings. The predicted octanol–water partition coefficient (Wildman–Crippen LogP) is 3.10. The Morgan fingerprint density at radius 2 is 1.90 bits per heavy atom. The van der Waals surface area contributed by atoms with Crippen molar-refractivity contribution in [1.29, 1.82) is 0 Å². The number of pyridine rings is 1. The van der Waals surface area contributed by atoms with E-state index < -0.39 is 0 Å². The Bertz CT molecular complexity index is 1190. The van der Waals surface area contributed by atoms with Gasteiger partial charge in [-0.05, 0) is 43.2 Å². The Morgan fingerprint density at radius 3 is 2.55 bits per heavy atom. The molecule has 3 aromatic heterocycles. The van der Waals surface area contributed by atoms with Crippen LogP contribution in [0.15, 0.2) is 42.6 Å². The molecule has 0 saturated carbocycles. The average Bonchev–Trinajstić information content (AvgIpc) is 3.20. The lowest BCUT2D eigenvalue weighted by Crippen LogP contribution is -2.21. The van der Waals surface area contributed by atoms with Crippen LogP contribution < -0.4 is 10.1 Å². The van der Waals surface area contributed by atoms with Crippen LogP contribution >= 0.6 is 0 Å². The van der Waals surface area contributed by atoms with Gasteiger partial charge in [-0.1, -0.05) is 12.1 Å². The number of nitrogens with zero attached hydrogens (tertiary/aromatic N) is 5. The number of nitrogens with one attached hydrogen (secondary N) is 1. The van der Waals surface area contributed by atoms with Crippen molar-refractivity contribution in [3.63, 3.8) is 0 Å². The normalized spacial score (nSPS) is 11.0. The largest absolute Gasteiger partial charge is 0.497 e. The summed E-state index contributed by atoms with van der Waals surface area (Å²) in [7, 11) is 3.43. The lowest BCUT2D eigenvalue weighted by molar-refractivity contribution is -0.116. The van der Waals surface area contributed by atoms with E-state index in [1.165, 1.54) is 0 Å². The molecule has 0 spiro atoms. The number of hydrogen-bond acceptors (Lipinski definition) is 5. The fourth-order valence-electron chi connectivity index (χ4n) is 3.45. The third kappa shape index (κ3) is 3.56. The molecule has 8 heteroatoms. The van der Waals surface area contributed by atoms with Gasteiger partial charge in [0.05, 0.1) is 18.5 Å². The fraction of sp³-hybridized carbons (Fsp3) is 0.238. The maximum atomic E-state index is 12.6. The minimum Gasteiger partial charge on any atom is -0.497 e. The van der Waals surface area contributed by atoms with Crippen LogP contribution in [0, 0.1) is 13.8 Å². The molecular formula is C21H22N6O2. The first-order valence-corrected chi connectivity index (χ1v) is 9.23. The molecular weight excluding hydrogens is 368 g/mol. The number of benzene rings is 1. The third-order valence-electron chi connectivity index (χ3n) is 4.77. The van der Waals surface area contributed by atoms with Crippen molar-refractivity contribution in [2.24, 2.45) is 7.05 Å². The molecule has 0 radical (unpaired) electrons. The summed E-state index contributed by atoms with van der Waals surface area (Å²) in [5.41, 5.74) is 4.39. The number of hydrogen-bond donors (Lipinski definition) is 1. The highest BCUT2D eigenvalue weighted by Gasteiger charge is 2.16. The number of methoxy groups -OCH3 is 1. The quantitative estimate of drug-likeness (QED) is 0.566. The molecule has 4 aromatic rings. The van der Waals surface area contributed by atoms with E-state index in [-0.39, 0.29) is 12.5 Å². The molecule has 8 nitrogen and oxygen atoms in total. The van der Waals surface area contributed by atoms with Crippen LogP contribution in [0.2, 0.25) is 0 Å². The van der Waals surface area contributed by atoms with Crippen LogP contribution in [0.3, 0.4) is 0 Å². The standard InChI is InChI=1S/C21H22N6O2/c1-13-11-18(26(3)24-13)23-19(28)12-27-21-20(14(2)25-27)17(9-10-22-21)15-5-7-16(29-4)8-6-15/h5-11H,12H2,1-4H3,(H,23,28). The van der Waals surface area contributed by atoms with E-state index in [9.17, 15) is 4.79 Å². The van der Waals surface area contributed by atoms with Gasteiger partial charge in [0.25, 0.3) is 0 Å². The van der Waals surface area contributed by atoms with Crippen molar-refractivity contribution in [2.75, 3.05) is 12.4 Å². The van der Waals surface area contributed by atoms with Crippen LogP contribution in [-0.2, 0) is 18.4 Å². The van der Waals surface area contributed by atoms with Gasteiger partial charge in [-0.25, -0.2) is 9.67 Å². The molecule has 0 unspecified atom stereocenters. The second-order valence-corrected chi connectivity index (χ2v) is 6.87. The van der Waals surface area contributed by atoms with E-state index in [2.05, 4.69) is 20.5 Å². The van der Waals surface area contributed by atoms with Crippen LogP contribution in [0.5, 0.6) is 5.75 Å². The van der Waals surface area contributed by atoms with E-state index in [1.54, 1.807) is 29.7 Å². The molecule has 0 bridgehead atoms. The first-order valence-electron chi connectivity index (χ1n) is 9.23. The van der Waals surface area contributed by atoms with Gasteiger partial charge in [0, 0.05) is 24.7 Å². The van der Waals surface area contributed by atoms with Gasteiger partial charge in [0.15, 0.2) is 5.65 Å². The summed E-state index contributed by atoms with van der Waals surface area (Å²) in [5.74, 6) is 1.26. The number of aryl methyl sites for hydroxylation is 3. The maximum Gasteiger partial charge on any atom is 0.247 e. The first kappa shape index (κ1) is 18.7. The predicted molar refractivity (Wildman–Crippen MR) is 111 cm³/mol. The van der Waals surface area contributed by atoms with Crippen molar-refractivity contribution in [2.45, 2.75) is 20.4 Å². The molecule has 1 N–H and O–H groups in total.